The first-order valence-electron chi connectivity index (χ1n) is 10.6. The van der Waals surface area contributed by atoms with Gasteiger partial charge >= 0.3 is 0 Å². The van der Waals surface area contributed by atoms with Crippen molar-refractivity contribution in [3.05, 3.63) is 42.0 Å². The van der Waals surface area contributed by atoms with Gasteiger partial charge in [-0.15, -0.1) is 0 Å². The lowest BCUT2D eigenvalue weighted by Crippen LogP contribution is -2.39. The van der Waals surface area contributed by atoms with Gasteiger partial charge in [-0.2, -0.15) is 0 Å². The van der Waals surface area contributed by atoms with Crippen molar-refractivity contribution in [3.63, 3.8) is 0 Å². The Balaban J connectivity index is 1.54. The van der Waals surface area contributed by atoms with Gasteiger partial charge < -0.3 is 34.3 Å². The Morgan fingerprint density at radius 2 is 1.79 bits per heavy atom. The van der Waals surface area contributed by atoms with Crippen LogP contribution in [0.25, 0.3) is 0 Å². The normalized spacial score (nSPS) is 16.3. The zero-order chi connectivity index (χ0) is 24.0. The lowest BCUT2D eigenvalue weighted by molar-refractivity contribution is -0.126. The van der Waals surface area contributed by atoms with Gasteiger partial charge in [0.15, 0.2) is 11.5 Å². The van der Waals surface area contributed by atoms with Crippen LogP contribution in [0.3, 0.4) is 0 Å². The van der Waals surface area contributed by atoms with Gasteiger partial charge in [0.05, 0.1) is 32.9 Å². The van der Waals surface area contributed by atoms with Crippen LogP contribution in [-0.2, 0) is 9.59 Å². The maximum atomic E-state index is 12.7. The number of aliphatic hydroxyl groups is 1. The van der Waals surface area contributed by atoms with Gasteiger partial charge in [-0.1, -0.05) is 12.1 Å². The number of nitrogens with zero attached hydrogens (tertiary/aromatic N) is 1. The van der Waals surface area contributed by atoms with Gasteiger partial charge in [-0.25, -0.2) is 0 Å². The second-order valence-electron chi connectivity index (χ2n) is 7.78. The van der Waals surface area contributed by atoms with Crippen molar-refractivity contribution in [2.45, 2.75) is 19.4 Å². The van der Waals surface area contributed by atoms with Gasteiger partial charge in [-0.3, -0.25) is 9.59 Å². The summed E-state index contributed by atoms with van der Waals surface area (Å²) in [6, 6.07) is 10.8. The predicted molar refractivity (Wildman–Crippen MR) is 122 cm³/mol. The highest BCUT2D eigenvalue weighted by molar-refractivity contribution is 6.01. The largest absolute Gasteiger partial charge is 0.495 e. The van der Waals surface area contributed by atoms with Crippen molar-refractivity contribution in [2.75, 3.05) is 45.9 Å². The number of methoxy groups -OCH3 is 3. The number of nitrogens with one attached hydrogen (secondary N) is 1. The summed E-state index contributed by atoms with van der Waals surface area (Å²) < 4.78 is 21.6. The second kappa shape index (κ2) is 10.9. The molecule has 1 aliphatic rings. The van der Waals surface area contributed by atoms with Crippen molar-refractivity contribution in [2.24, 2.45) is 5.92 Å². The highest BCUT2D eigenvalue weighted by atomic mass is 16.5. The van der Waals surface area contributed by atoms with Crippen LogP contribution in [-0.4, -0.2) is 64.1 Å². The molecule has 1 fully saturated rings. The van der Waals surface area contributed by atoms with Crippen LogP contribution < -0.4 is 29.2 Å². The number of benzene rings is 2. The molecule has 0 bridgehead atoms. The summed E-state index contributed by atoms with van der Waals surface area (Å²) in [5, 5.41) is 13.0. The van der Waals surface area contributed by atoms with Gasteiger partial charge in [0.1, 0.15) is 18.5 Å². The summed E-state index contributed by atoms with van der Waals surface area (Å²) >= 11 is 0. The summed E-state index contributed by atoms with van der Waals surface area (Å²) in [6.45, 7) is 2.08. The summed E-state index contributed by atoms with van der Waals surface area (Å²) in [4.78, 5) is 26.8. The number of rotatable bonds is 10. The van der Waals surface area contributed by atoms with Crippen LogP contribution in [0.5, 0.6) is 23.0 Å². The van der Waals surface area contributed by atoms with Gasteiger partial charge in [-0.05, 0) is 36.8 Å². The monoisotopic (exact) mass is 458 g/mol. The smallest absolute Gasteiger partial charge is 0.227 e. The Kier molecular flexibility index (Phi) is 8.00. The highest BCUT2D eigenvalue weighted by Gasteiger charge is 2.36. The summed E-state index contributed by atoms with van der Waals surface area (Å²) in [7, 11) is 4.57. The molecule has 0 aromatic heterocycles. The molecule has 0 saturated carbocycles. The third-order valence-electron chi connectivity index (χ3n) is 5.44. The maximum absolute atomic E-state index is 12.7. The van der Waals surface area contributed by atoms with Crippen LogP contribution >= 0.6 is 0 Å². The summed E-state index contributed by atoms with van der Waals surface area (Å²) in [5.74, 6) is 0.928. The van der Waals surface area contributed by atoms with E-state index in [0.717, 1.165) is 5.56 Å². The molecule has 2 aromatic carbocycles. The number of carbonyl (C=O) groups is 2. The molecule has 0 aliphatic carbocycles. The van der Waals surface area contributed by atoms with Crippen molar-refractivity contribution < 1.29 is 33.6 Å². The van der Waals surface area contributed by atoms with E-state index in [1.165, 1.54) is 14.2 Å². The fraction of sp³-hybridized carbons (Fsp3) is 0.417. The standard InChI is InChI=1S/C24H30N2O7/c1-15-8-9-19(30-2)18(10-15)26-13-16(11-22(26)28)24(29)25-12-17(27)14-33-23-20(31-3)6-5-7-21(23)32-4/h5-10,16-17,27H,11-14H2,1-4H3,(H,25,29). The predicted octanol–water partition coefficient (Wildman–Crippen LogP) is 1.93. The van der Waals surface area contributed by atoms with Gasteiger partial charge in [0, 0.05) is 19.5 Å². The van der Waals surface area contributed by atoms with Crippen LogP contribution in [0.4, 0.5) is 5.69 Å². The van der Waals surface area contributed by atoms with Crippen LogP contribution in [0.2, 0.25) is 0 Å². The van der Waals surface area contributed by atoms with Crippen LogP contribution in [0.1, 0.15) is 12.0 Å². The van der Waals surface area contributed by atoms with Crippen molar-refractivity contribution >= 4 is 17.5 Å². The Labute approximate surface area is 193 Å². The zero-order valence-corrected chi connectivity index (χ0v) is 19.3. The number of para-hydroxylation sites is 1. The second-order valence-corrected chi connectivity index (χ2v) is 7.78. The minimum atomic E-state index is -0.964. The number of carbonyl (C=O) groups excluding carboxylic acids is 2. The summed E-state index contributed by atoms with van der Waals surface area (Å²) in [6.07, 6.45) is -0.873. The number of anilines is 1. The van der Waals surface area contributed by atoms with E-state index in [2.05, 4.69) is 5.32 Å². The van der Waals surface area contributed by atoms with Crippen molar-refractivity contribution in [3.8, 4) is 23.0 Å². The fourth-order valence-corrected chi connectivity index (χ4v) is 3.69. The van der Waals surface area contributed by atoms with E-state index in [-0.39, 0.29) is 37.9 Å². The molecule has 2 N–H and O–H groups in total. The number of aryl methyl sites for hydroxylation is 1. The minimum Gasteiger partial charge on any atom is -0.495 e. The quantitative estimate of drug-likeness (QED) is 0.560. The molecule has 2 amide bonds. The molecule has 33 heavy (non-hydrogen) atoms. The Hall–Kier alpha value is -3.46. The van der Waals surface area contributed by atoms with E-state index in [1.54, 1.807) is 36.3 Å². The molecule has 3 rings (SSSR count). The third-order valence-corrected chi connectivity index (χ3v) is 5.44. The van der Waals surface area contributed by atoms with E-state index in [1.807, 2.05) is 19.1 Å². The number of amides is 2. The molecule has 0 radical (unpaired) electrons. The van der Waals surface area contributed by atoms with E-state index in [0.29, 0.717) is 28.7 Å². The first-order valence-corrected chi connectivity index (χ1v) is 10.6. The fourth-order valence-electron chi connectivity index (χ4n) is 3.69. The van der Waals surface area contributed by atoms with Crippen molar-refractivity contribution in [1.82, 2.24) is 5.32 Å². The first-order chi connectivity index (χ1) is 15.9. The Morgan fingerprint density at radius 1 is 1.12 bits per heavy atom. The molecule has 1 aliphatic heterocycles. The molecular weight excluding hydrogens is 428 g/mol. The molecule has 1 heterocycles. The molecule has 2 atom stereocenters. The lowest BCUT2D eigenvalue weighted by atomic mass is 10.1. The number of ether oxygens (including phenoxy) is 4. The van der Waals surface area contributed by atoms with E-state index in [4.69, 9.17) is 18.9 Å². The van der Waals surface area contributed by atoms with Crippen molar-refractivity contribution in [1.29, 1.82) is 0 Å². The molecule has 0 spiro atoms. The SMILES string of the molecule is COc1ccc(C)cc1N1CC(C(=O)NCC(O)COc2c(OC)cccc2OC)CC1=O. The molecule has 178 valence electrons. The third kappa shape index (κ3) is 5.67. The average Bonchev–Trinajstić information content (AvgIpc) is 3.22. The molecule has 2 unspecified atom stereocenters. The number of hydrogen-bond acceptors (Lipinski definition) is 7. The van der Waals surface area contributed by atoms with E-state index in [9.17, 15) is 14.7 Å². The molecule has 9 nitrogen and oxygen atoms in total. The molecule has 9 heteroatoms. The first kappa shape index (κ1) is 24.2. The summed E-state index contributed by atoms with van der Waals surface area (Å²) in [5.41, 5.74) is 1.64. The minimum absolute atomic E-state index is 0.0191. The topological polar surface area (TPSA) is 107 Å². The van der Waals surface area contributed by atoms with E-state index < -0.39 is 12.0 Å². The Bertz CT molecular complexity index is 973. The van der Waals surface area contributed by atoms with Gasteiger partial charge in [0.2, 0.25) is 17.6 Å². The highest BCUT2D eigenvalue weighted by Crippen LogP contribution is 2.37. The molecular formula is C24H30N2O7. The van der Waals surface area contributed by atoms with E-state index >= 15 is 0 Å². The molecule has 1 saturated heterocycles. The van der Waals surface area contributed by atoms with Crippen LogP contribution in [0.15, 0.2) is 36.4 Å². The Morgan fingerprint density at radius 3 is 2.42 bits per heavy atom. The van der Waals surface area contributed by atoms with Crippen LogP contribution in [0, 0.1) is 12.8 Å². The lowest BCUT2D eigenvalue weighted by Gasteiger charge is -2.20. The number of aliphatic hydroxyl groups excluding tert-OH is 1. The maximum Gasteiger partial charge on any atom is 0.227 e. The molecule has 2 aromatic rings. The average molecular weight is 459 g/mol. The zero-order valence-electron chi connectivity index (χ0n) is 19.3. The van der Waals surface area contributed by atoms with Gasteiger partial charge in [0.25, 0.3) is 0 Å². The number of hydrogen-bond donors (Lipinski definition) is 2.